The summed E-state index contributed by atoms with van der Waals surface area (Å²) in [5.41, 5.74) is 1.11. The van der Waals surface area contributed by atoms with Crippen molar-refractivity contribution < 1.29 is 13.7 Å². The molecule has 0 aliphatic carbocycles. The van der Waals surface area contributed by atoms with Crippen molar-refractivity contribution >= 4 is 10.8 Å². The zero-order valence-corrected chi connectivity index (χ0v) is 12.8. The maximum Gasteiger partial charge on any atom is 0.118 e. The van der Waals surface area contributed by atoms with Crippen LogP contribution in [-0.4, -0.2) is 43.1 Å². The normalized spacial score (nSPS) is 15.8. The van der Waals surface area contributed by atoms with Gasteiger partial charge in [-0.2, -0.15) is 0 Å². The fraction of sp³-hybridized carbons (Fsp3) is 0.571. The molecule has 0 aromatic heterocycles. The van der Waals surface area contributed by atoms with Crippen LogP contribution in [0.4, 0.5) is 0 Å². The van der Waals surface area contributed by atoms with E-state index in [0.717, 1.165) is 11.3 Å². The van der Waals surface area contributed by atoms with E-state index in [1.165, 1.54) is 0 Å². The molecule has 19 heavy (non-hydrogen) atoms. The lowest BCUT2D eigenvalue weighted by molar-refractivity contribution is 0.217. The predicted octanol–water partition coefficient (Wildman–Crippen LogP) is 1.74. The van der Waals surface area contributed by atoms with Crippen molar-refractivity contribution in [3.05, 3.63) is 29.8 Å². The molecule has 0 fully saturated rings. The van der Waals surface area contributed by atoms with Crippen LogP contribution in [0.5, 0.6) is 5.75 Å². The van der Waals surface area contributed by atoms with Crippen LogP contribution in [0.15, 0.2) is 24.3 Å². The molecule has 0 heterocycles. The van der Waals surface area contributed by atoms with Crippen molar-refractivity contribution in [1.82, 2.24) is 5.32 Å². The van der Waals surface area contributed by atoms with E-state index in [1.54, 1.807) is 14.2 Å². The Morgan fingerprint density at radius 1 is 1.26 bits per heavy atom. The third-order valence-electron chi connectivity index (χ3n) is 3.16. The molecular weight excluding hydrogens is 262 g/mol. The first kappa shape index (κ1) is 16.1. The average molecular weight is 285 g/mol. The van der Waals surface area contributed by atoms with Gasteiger partial charge in [0.15, 0.2) is 0 Å². The van der Waals surface area contributed by atoms with Gasteiger partial charge in [0.2, 0.25) is 0 Å². The van der Waals surface area contributed by atoms with Crippen molar-refractivity contribution in [3.63, 3.8) is 0 Å². The molecule has 0 radical (unpaired) electrons. The summed E-state index contributed by atoms with van der Waals surface area (Å²) in [7, 11) is 4.24. The standard InChI is InChI=1S/C14H23NO3S/c1-11(19(16)10-9-17-3)14(15-2)12-5-7-13(18-4)8-6-12/h5-8,11,14-15H,9-10H2,1-4H3. The molecule has 3 unspecified atom stereocenters. The second-order valence-electron chi connectivity index (χ2n) is 4.32. The number of hydrogen-bond donors (Lipinski definition) is 1. The van der Waals surface area contributed by atoms with E-state index in [0.29, 0.717) is 12.4 Å². The highest BCUT2D eigenvalue weighted by atomic mass is 32.2. The van der Waals surface area contributed by atoms with E-state index >= 15 is 0 Å². The summed E-state index contributed by atoms with van der Waals surface area (Å²) < 4.78 is 22.3. The summed E-state index contributed by atoms with van der Waals surface area (Å²) in [6.07, 6.45) is 0. The average Bonchev–Trinajstić information content (AvgIpc) is 2.46. The van der Waals surface area contributed by atoms with Gasteiger partial charge in [-0.25, -0.2) is 0 Å². The van der Waals surface area contributed by atoms with Crippen molar-refractivity contribution in [1.29, 1.82) is 0 Å². The fourth-order valence-electron chi connectivity index (χ4n) is 1.99. The molecule has 0 saturated carbocycles. The molecule has 4 nitrogen and oxygen atoms in total. The Morgan fingerprint density at radius 3 is 2.37 bits per heavy atom. The summed E-state index contributed by atoms with van der Waals surface area (Å²) in [4.78, 5) is 0. The van der Waals surface area contributed by atoms with Crippen LogP contribution in [-0.2, 0) is 15.5 Å². The fourth-order valence-corrected chi connectivity index (χ4v) is 3.29. The van der Waals surface area contributed by atoms with Crippen molar-refractivity contribution in [3.8, 4) is 5.75 Å². The van der Waals surface area contributed by atoms with Crippen molar-refractivity contribution in [2.24, 2.45) is 0 Å². The van der Waals surface area contributed by atoms with Crippen LogP contribution < -0.4 is 10.1 Å². The summed E-state index contributed by atoms with van der Waals surface area (Å²) in [6.45, 7) is 2.52. The van der Waals surface area contributed by atoms with Gasteiger partial charge in [0.25, 0.3) is 0 Å². The van der Waals surface area contributed by atoms with E-state index in [-0.39, 0.29) is 11.3 Å². The minimum Gasteiger partial charge on any atom is -0.497 e. The van der Waals surface area contributed by atoms with Crippen molar-refractivity contribution in [2.75, 3.05) is 33.6 Å². The van der Waals surface area contributed by atoms with Gasteiger partial charge in [-0.15, -0.1) is 0 Å². The highest BCUT2D eigenvalue weighted by molar-refractivity contribution is 7.85. The maximum absolute atomic E-state index is 12.2. The first-order valence-electron chi connectivity index (χ1n) is 6.31. The van der Waals surface area contributed by atoms with Crippen LogP contribution in [0.3, 0.4) is 0 Å². The highest BCUT2D eigenvalue weighted by Gasteiger charge is 2.22. The van der Waals surface area contributed by atoms with Gasteiger partial charge in [-0.1, -0.05) is 12.1 Å². The van der Waals surface area contributed by atoms with E-state index < -0.39 is 10.8 Å². The van der Waals surface area contributed by atoms with Gasteiger partial charge in [0, 0.05) is 29.7 Å². The molecule has 0 aliphatic rings. The lowest BCUT2D eigenvalue weighted by Gasteiger charge is -2.23. The summed E-state index contributed by atoms with van der Waals surface area (Å²) in [5.74, 6) is 1.39. The zero-order chi connectivity index (χ0) is 14.3. The molecular formula is C14H23NO3S. The van der Waals surface area contributed by atoms with Gasteiger partial charge in [0.05, 0.1) is 19.0 Å². The second-order valence-corrected chi connectivity index (χ2v) is 6.24. The Morgan fingerprint density at radius 2 is 1.89 bits per heavy atom. The Balaban J connectivity index is 2.77. The van der Waals surface area contributed by atoms with Crippen LogP contribution >= 0.6 is 0 Å². The molecule has 1 aromatic carbocycles. The first-order valence-corrected chi connectivity index (χ1v) is 7.69. The molecule has 1 N–H and O–H groups in total. The quantitative estimate of drug-likeness (QED) is 0.790. The van der Waals surface area contributed by atoms with Crippen LogP contribution in [0.25, 0.3) is 0 Å². The second kappa shape index (κ2) is 8.30. The van der Waals surface area contributed by atoms with Crippen LogP contribution in [0.2, 0.25) is 0 Å². The number of methoxy groups -OCH3 is 2. The minimum atomic E-state index is -0.921. The van der Waals surface area contributed by atoms with Crippen molar-refractivity contribution in [2.45, 2.75) is 18.2 Å². The number of benzene rings is 1. The largest absolute Gasteiger partial charge is 0.497 e. The summed E-state index contributed by atoms with van der Waals surface area (Å²) in [6, 6.07) is 7.91. The highest BCUT2D eigenvalue weighted by Crippen LogP contribution is 2.22. The van der Waals surface area contributed by atoms with Gasteiger partial charge in [0.1, 0.15) is 5.75 Å². The van der Waals surface area contributed by atoms with Gasteiger partial charge >= 0.3 is 0 Å². The molecule has 0 amide bonds. The number of nitrogens with one attached hydrogen (secondary N) is 1. The lowest BCUT2D eigenvalue weighted by Crippen LogP contribution is -2.32. The molecule has 1 aromatic rings. The van der Waals surface area contributed by atoms with E-state index in [1.807, 2.05) is 38.2 Å². The molecule has 3 atom stereocenters. The number of hydrogen-bond acceptors (Lipinski definition) is 4. The number of rotatable bonds is 8. The molecule has 5 heteroatoms. The van der Waals surface area contributed by atoms with Crippen LogP contribution in [0.1, 0.15) is 18.5 Å². The third kappa shape index (κ3) is 4.60. The van der Waals surface area contributed by atoms with Crippen LogP contribution in [0, 0.1) is 0 Å². The number of ether oxygens (including phenoxy) is 2. The predicted molar refractivity (Wildman–Crippen MR) is 79.1 cm³/mol. The molecule has 0 aliphatic heterocycles. The molecule has 108 valence electrons. The Labute approximate surface area is 118 Å². The molecule has 0 saturated heterocycles. The summed E-state index contributed by atoms with van der Waals surface area (Å²) >= 11 is 0. The molecule has 0 bridgehead atoms. The monoisotopic (exact) mass is 285 g/mol. The van der Waals surface area contributed by atoms with Gasteiger partial charge < -0.3 is 14.8 Å². The zero-order valence-electron chi connectivity index (χ0n) is 12.0. The minimum absolute atomic E-state index is 0.0218. The van der Waals surface area contributed by atoms with E-state index in [2.05, 4.69) is 5.32 Å². The molecule has 0 spiro atoms. The topological polar surface area (TPSA) is 47.6 Å². The van der Waals surface area contributed by atoms with E-state index in [9.17, 15) is 4.21 Å². The van der Waals surface area contributed by atoms with E-state index in [4.69, 9.17) is 9.47 Å². The Kier molecular flexibility index (Phi) is 7.05. The lowest BCUT2D eigenvalue weighted by atomic mass is 10.0. The smallest absolute Gasteiger partial charge is 0.118 e. The SMILES string of the molecule is CNC(c1ccc(OC)cc1)C(C)S(=O)CCOC. The Bertz CT molecular complexity index is 394. The molecule has 1 rings (SSSR count). The Hall–Kier alpha value is -0.910. The van der Waals surface area contributed by atoms with Gasteiger partial charge in [-0.3, -0.25) is 4.21 Å². The van der Waals surface area contributed by atoms with Gasteiger partial charge in [-0.05, 0) is 31.7 Å². The first-order chi connectivity index (χ1) is 9.13. The summed E-state index contributed by atoms with van der Waals surface area (Å²) in [5, 5.41) is 3.26. The maximum atomic E-state index is 12.2. The third-order valence-corrected chi connectivity index (χ3v) is 4.83.